The maximum atomic E-state index is 12.4. The van der Waals surface area contributed by atoms with Gasteiger partial charge in [-0.1, -0.05) is 60.2 Å². The van der Waals surface area contributed by atoms with Gasteiger partial charge in [-0.3, -0.25) is 4.79 Å². The summed E-state index contributed by atoms with van der Waals surface area (Å²) in [7, 11) is 0. The number of phenolic OH excluding ortho intramolecular Hbond substituents is 1. The van der Waals surface area contributed by atoms with Gasteiger partial charge in [-0.15, -0.1) is 0 Å². The van der Waals surface area contributed by atoms with E-state index in [-0.39, 0.29) is 11.7 Å². The van der Waals surface area contributed by atoms with E-state index in [2.05, 4.69) is 10.5 Å². The molecule has 0 saturated carbocycles. The lowest BCUT2D eigenvalue weighted by molar-refractivity contribution is 0.0955. The Morgan fingerprint density at radius 2 is 1.71 bits per heavy atom. The van der Waals surface area contributed by atoms with Crippen LogP contribution >= 0.6 is 0 Å². The maximum absolute atomic E-state index is 12.4. The molecule has 0 heterocycles. The van der Waals surface area contributed by atoms with E-state index < -0.39 is 0 Å². The van der Waals surface area contributed by atoms with E-state index in [9.17, 15) is 9.90 Å². The summed E-state index contributed by atoms with van der Waals surface area (Å²) in [4.78, 5) is 12.4. The van der Waals surface area contributed by atoms with Crippen molar-refractivity contribution < 1.29 is 14.6 Å². The molecule has 4 aromatic carbocycles. The van der Waals surface area contributed by atoms with Crippen LogP contribution in [0.1, 0.15) is 27.0 Å². The number of fused-ring (bicyclic) bond motifs is 1. The SMILES string of the molecule is Cc1ccc(COc2ccc(C(=O)N/N=C\c3c(O)ccc4ccccc34)cc2)cc1. The highest BCUT2D eigenvalue weighted by atomic mass is 16.5. The maximum Gasteiger partial charge on any atom is 0.271 e. The zero-order chi connectivity index (χ0) is 21.6. The number of benzene rings is 4. The van der Waals surface area contributed by atoms with Gasteiger partial charge in [0.1, 0.15) is 18.1 Å². The van der Waals surface area contributed by atoms with E-state index in [1.165, 1.54) is 11.8 Å². The van der Waals surface area contributed by atoms with Crippen LogP contribution in [0.2, 0.25) is 0 Å². The Morgan fingerprint density at radius 3 is 2.48 bits per heavy atom. The van der Waals surface area contributed by atoms with Crippen molar-refractivity contribution in [2.24, 2.45) is 5.10 Å². The first kappa shape index (κ1) is 20.2. The zero-order valence-corrected chi connectivity index (χ0v) is 17.1. The van der Waals surface area contributed by atoms with Crippen molar-refractivity contribution in [3.05, 3.63) is 107 Å². The first-order valence-electron chi connectivity index (χ1n) is 9.93. The summed E-state index contributed by atoms with van der Waals surface area (Å²) in [5.74, 6) is 0.439. The van der Waals surface area contributed by atoms with Gasteiger partial charge in [0, 0.05) is 11.1 Å². The molecule has 0 saturated heterocycles. The molecule has 0 spiro atoms. The minimum absolute atomic E-state index is 0.103. The van der Waals surface area contributed by atoms with Crippen molar-refractivity contribution in [1.82, 2.24) is 5.43 Å². The van der Waals surface area contributed by atoms with E-state index in [0.717, 1.165) is 16.3 Å². The molecule has 0 aliphatic carbocycles. The van der Waals surface area contributed by atoms with Crippen LogP contribution in [0.4, 0.5) is 0 Å². The number of hydrogen-bond acceptors (Lipinski definition) is 4. The van der Waals surface area contributed by atoms with Gasteiger partial charge in [-0.2, -0.15) is 5.10 Å². The molecule has 2 N–H and O–H groups in total. The van der Waals surface area contributed by atoms with Gasteiger partial charge in [0.05, 0.1) is 6.21 Å². The van der Waals surface area contributed by atoms with Crippen LogP contribution in [0.3, 0.4) is 0 Å². The van der Waals surface area contributed by atoms with Crippen molar-refractivity contribution >= 4 is 22.9 Å². The topological polar surface area (TPSA) is 70.9 Å². The molecule has 5 nitrogen and oxygen atoms in total. The molecule has 0 aliphatic rings. The zero-order valence-electron chi connectivity index (χ0n) is 17.1. The fourth-order valence-corrected chi connectivity index (χ4v) is 3.19. The lowest BCUT2D eigenvalue weighted by Gasteiger charge is -2.07. The normalized spacial score (nSPS) is 11.0. The number of rotatable bonds is 6. The Morgan fingerprint density at radius 1 is 0.968 bits per heavy atom. The van der Waals surface area contributed by atoms with Crippen LogP contribution in [-0.4, -0.2) is 17.2 Å². The van der Waals surface area contributed by atoms with Gasteiger partial charge in [0.25, 0.3) is 5.91 Å². The van der Waals surface area contributed by atoms with Gasteiger partial charge in [0.2, 0.25) is 0 Å². The third-order valence-electron chi connectivity index (χ3n) is 4.95. The second-order valence-electron chi connectivity index (χ2n) is 7.22. The van der Waals surface area contributed by atoms with Gasteiger partial charge in [-0.25, -0.2) is 5.43 Å². The lowest BCUT2D eigenvalue weighted by Crippen LogP contribution is -2.17. The first-order valence-corrected chi connectivity index (χ1v) is 9.93. The molecule has 154 valence electrons. The number of carbonyl (C=O) groups is 1. The molecule has 0 unspecified atom stereocenters. The number of hydrogen-bond donors (Lipinski definition) is 2. The Labute approximate surface area is 180 Å². The van der Waals surface area contributed by atoms with E-state index in [0.29, 0.717) is 23.5 Å². The molecule has 31 heavy (non-hydrogen) atoms. The van der Waals surface area contributed by atoms with Gasteiger partial charge >= 0.3 is 0 Å². The highest BCUT2D eigenvalue weighted by Gasteiger charge is 2.07. The van der Waals surface area contributed by atoms with Crippen LogP contribution in [0, 0.1) is 6.92 Å². The minimum Gasteiger partial charge on any atom is -0.507 e. The highest BCUT2D eigenvalue weighted by molar-refractivity contribution is 6.03. The number of nitrogens with zero attached hydrogens (tertiary/aromatic N) is 1. The van der Waals surface area contributed by atoms with Crippen LogP contribution in [0.25, 0.3) is 10.8 Å². The van der Waals surface area contributed by atoms with E-state index in [1.54, 1.807) is 30.3 Å². The van der Waals surface area contributed by atoms with Crippen molar-refractivity contribution in [2.75, 3.05) is 0 Å². The average Bonchev–Trinajstić information content (AvgIpc) is 2.80. The molecule has 4 aromatic rings. The number of nitrogens with one attached hydrogen (secondary N) is 1. The van der Waals surface area contributed by atoms with Gasteiger partial charge in [0.15, 0.2) is 0 Å². The molecular weight excluding hydrogens is 388 g/mol. The Balaban J connectivity index is 1.38. The third-order valence-corrected chi connectivity index (χ3v) is 4.95. The lowest BCUT2D eigenvalue weighted by atomic mass is 10.0. The summed E-state index contributed by atoms with van der Waals surface area (Å²) < 4.78 is 5.77. The largest absolute Gasteiger partial charge is 0.507 e. The first-order chi connectivity index (χ1) is 15.1. The molecule has 0 fully saturated rings. The number of amides is 1. The fraction of sp³-hybridized carbons (Fsp3) is 0.0769. The van der Waals surface area contributed by atoms with Crippen molar-refractivity contribution in [3.8, 4) is 11.5 Å². The van der Waals surface area contributed by atoms with Crippen LogP contribution in [0.5, 0.6) is 11.5 Å². The van der Waals surface area contributed by atoms with E-state index in [1.807, 2.05) is 61.5 Å². The highest BCUT2D eigenvalue weighted by Crippen LogP contribution is 2.25. The summed E-state index contributed by atoms with van der Waals surface area (Å²) in [6, 6.07) is 26.1. The Bertz CT molecular complexity index is 1230. The molecule has 0 bridgehead atoms. The number of aryl methyl sites for hydroxylation is 1. The monoisotopic (exact) mass is 410 g/mol. The Hall–Kier alpha value is -4.12. The van der Waals surface area contributed by atoms with E-state index >= 15 is 0 Å². The standard InChI is InChI=1S/C26H22N2O3/c1-18-6-8-19(9-7-18)17-31-22-13-10-21(11-14-22)26(30)28-27-16-24-23-5-3-2-4-20(23)12-15-25(24)29/h2-16,29H,17H2,1H3,(H,28,30)/b27-16-. The number of phenols is 1. The molecule has 0 aliphatic heterocycles. The Kier molecular flexibility index (Phi) is 5.94. The second-order valence-corrected chi connectivity index (χ2v) is 7.22. The average molecular weight is 410 g/mol. The molecule has 5 heteroatoms. The second kappa shape index (κ2) is 9.13. The minimum atomic E-state index is -0.346. The van der Waals surface area contributed by atoms with Crippen molar-refractivity contribution in [3.63, 3.8) is 0 Å². The summed E-state index contributed by atoms with van der Waals surface area (Å²) in [6.07, 6.45) is 1.45. The molecular formula is C26H22N2O3. The quantitative estimate of drug-likeness (QED) is 0.339. The molecule has 0 atom stereocenters. The van der Waals surface area contributed by atoms with E-state index in [4.69, 9.17) is 4.74 Å². The number of hydrazone groups is 1. The summed E-state index contributed by atoms with van der Waals surface area (Å²) in [6.45, 7) is 2.51. The third kappa shape index (κ3) is 4.90. The summed E-state index contributed by atoms with van der Waals surface area (Å²) in [5, 5.41) is 16.0. The number of aromatic hydroxyl groups is 1. The van der Waals surface area contributed by atoms with Crippen LogP contribution < -0.4 is 10.2 Å². The van der Waals surface area contributed by atoms with Crippen LogP contribution in [-0.2, 0) is 6.61 Å². The number of ether oxygens (including phenoxy) is 1. The summed E-state index contributed by atoms with van der Waals surface area (Å²) in [5.41, 5.74) is 5.80. The van der Waals surface area contributed by atoms with Gasteiger partial charge < -0.3 is 9.84 Å². The fourth-order valence-electron chi connectivity index (χ4n) is 3.19. The molecule has 1 amide bonds. The van der Waals surface area contributed by atoms with Gasteiger partial charge in [-0.05, 0) is 53.6 Å². The molecule has 4 rings (SSSR count). The van der Waals surface area contributed by atoms with Crippen molar-refractivity contribution in [2.45, 2.75) is 13.5 Å². The number of carbonyl (C=O) groups excluding carboxylic acids is 1. The molecule has 0 radical (unpaired) electrons. The molecule has 0 aromatic heterocycles. The predicted octanol–water partition coefficient (Wildman–Crippen LogP) is 5.20. The predicted molar refractivity (Wildman–Crippen MR) is 123 cm³/mol. The smallest absolute Gasteiger partial charge is 0.271 e. The summed E-state index contributed by atoms with van der Waals surface area (Å²) >= 11 is 0. The van der Waals surface area contributed by atoms with Crippen LogP contribution in [0.15, 0.2) is 90.0 Å². The van der Waals surface area contributed by atoms with Crippen molar-refractivity contribution in [1.29, 1.82) is 0 Å².